The van der Waals surface area contributed by atoms with Crippen molar-refractivity contribution in [2.24, 2.45) is 5.73 Å². The molecule has 0 aliphatic carbocycles. The van der Waals surface area contributed by atoms with E-state index in [9.17, 15) is 13.6 Å². The van der Waals surface area contributed by atoms with Crippen LogP contribution in [0.2, 0.25) is 0 Å². The first-order chi connectivity index (χ1) is 7.59. The fourth-order valence-corrected chi connectivity index (χ4v) is 1.64. The van der Waals surface area contributed by atoms with E-state index in [1.54, 1.807) is 4.90 Å². The number of anilines is 1. The zero-order chi connectivity index (χ0) is 11.7. The van der Waals surface area contributed by atoms with Gasteiger partial charge in [-0.1, -0.05) is 0 Å². The van der Waals surface area contributed by atoms with Gasteiger partial charge in [-0.25, -0.2) is 4.39 Å². The van der Waals surface area contributed by atoms with Crippen LogP contribution < -0.4 is 15.4 Å². The molecular formula is C10H10F2N2O2. The number of ether oxygens (including phenoxy) is 1. The number of primary amides is 1. The second-order valence-electron chi connectivity index (χ2n) is 3.45. The van der Waals surface area contributed by atoms with Crippen molar-refractivity contribution >= 4 is 11.6 Å². The molecule has 1 aromatic carbocycles. The van der Waals surface area contributed by atoms with Crippen LogP contribution in [-0.2, 0) is 4.79 Å². The van der Waals surface area contributed by atoms with Gasteiger partial charge in [0.05, 0.1) is 18.8 Å². The van der Waals surface area contributed by atoms with Crippen LogP contribution in [0.15, 0.2) is 12.1 Å². The zero-order valence-corrected chi connectivity index (χ0v) is 8.37. The van der Waals surface area contributed by atoms with E-state index in [1.165, 1.54) is 6.07 Å². The standard InChI is InChI=1S/C10H10F2N2O2/c11-6-1-2-7-10(9(6)12)16-4-3-14(7)5-8(13)15/h1-2H,3-5H2,(H2,13,15). The fraction of sp³-hybridized carbons (Fsp3) is 0.300. The summed E-state index contributed by atoms with van der Waals surface area (Å²) in [4.78, 5) is 12.4. The van der Waals surface area contributed by atoms with Gasteiger partial charge in [-0.2, -0.15) is 4.39 Å². The molecule has 0 spiro atoms. The van der Waals surface area contributed by atoms with Crippen molar-refractivity contribution in [2.45, 2.75) is 0 Å². The van der Waals surface area contributed by atoms with Crippen LogP contribution in [0, 0.1) is 11.6 Å². The maximum Gasteiger partial charge on any atom is 0.236 e. The van der Waals surface area contributed by atoms with E-state index in [-0.39, 0.29) is 18.9 Å². The maximum absolute atomic E-state index is 13.4. The summed E-state index contributed by atoms with van der Waals surface area (Å²) >= 11 is 0. The number of halogens is 2. The largest absolute Gasteiger partial charge is 0.486 e. The Morgan fingerprint density at radius 3 is 2.94 bits per heavy atom. The van der Waals surface area contributed by atoms with E-state index in [0.717, 1.165) is 6.07 Å². The third-order valence-corrected chi connectivity index (χ3v) is 2.32. The van der Waals surface area contributed by atoms with E-state index >= 15 is 0 Å². The number of nitrogens with zero attached hydrogens (tertiary/aromatic N) is 1. The van der Waals surface area contributed by atoms with Crippen molar-refractivity contribution < 1.29 is 18.3 Å². The van der Waals surface area contributed by atoms with Gasteiger partial charge in [-0.3, -0.25) is 4.79 Å². The Morgan fingerprint density at radius 1 is 1.50 bits per heavy atom. The lowest BCUT2D eigenvalue weighted by atomic mass is 10.2. The zero-order valence-electron chi connectivity index (χ0n) is 8.37. The molecule has 4 nitrogen and oxygen atoms in total. The van der Waals surface area contributed by atoms with Crippen molar-refractivity contribution in [3.05, 3.63) is 23.8 Å². The molecule has 2 N–H and O–H groups in total. The molecule has 1 aliphatic rings. The molecule has 2 rings (SSSR count). The average Bonchev–Trinajstić information content (AvgIpc) is 2.23. The Labute approximate surface area is 90.6 Å². The lowest BCUT2D eigenvalue weighted by Crippen LogP contribution is -2.39. The van der Waals surface area contributed by atoms with Crippen molar-refractivity contribution in [3.63, 3.8) is 0 Å². The van der Waals surface area contributed by atoms with Crippen LogP contribution in [-0.4, -0.2) is 25.6 Å². The van der Waals surface area contributed by atoms with Crippen LogP contribution in [0.5, 0.6) is 5.75 Å². The Hall–Kier alpha value is -1.85. The minimum atomic E-state index is -1.04. The molecule has 1 amide bonds. The number of rotatable bonds is 2. The van der Waals surface area contributed by atoms with Crippen molar-refractivity contribution in [2.75, 3.05) is 24.6 Å². The quantitative estimate of drug-likeness (QED) is 0.808. The molecule has 1 heterocycles. The van der Waals surface area contributed by atoms with E-state index in [2.05, 4.69) is 0 Å². The number of hydrogen-bond acceptors (Lipinski definition) is 3. The maximum atomic E-state index is 13.4. The number of fused-ring (bicyclic) bond motifs is 1. The second kappa shape index (κ2) is 3.96. The molecule has 0 saturated heterocycles. The van der Waals surface area contributed by atoms with Gasteiger partial charge in [0.25, 0.3) is 0 Å². The number of nitrogens with two attached hydrogens (primary N) is 1. The first kappa shape index (κ1) is 10.7. The molecular weight excluding hydrogens is 218 g/mol. The monoisotopic (exact) mass is 228 g/mol. The summed E-state index contributed by atoms with van der Waals surface area (Å²) in [5.41, 5.74) is 5.41. The summed E-state index contributed by atoms with van der Waals surface area (Å²) in [7, 11) is 0. The van der Waals surface area contributed by atoms with Gasteiger partial charge in [-0.05, 0) is 12.1 Å². The van der Waals surface area contributed by atoms with Crippen LogP contribution in [0.1, 0.15) is 0 Å². The molecule has 1 aromatic rings. The molecule has 6 heteroatoms. The van der Waals surface area contributed by atoms with Gasteiger partial charge in [0.1, 0.15) is 6.61 Å². The number of carbonyl (C=O) groups is 1. The summed E-state index contributed by atoms with van der Waals surface area (Å²) in [6.45, 7) is 0.573. The van der Waals surface area contributed by atoms with E-state index < -0.39 is 17.5 Å². The number of benzene rings is 1. The van der Waals surface area contributed by atoms with Crippen LogP contribution in [0.4, 0.5) is 14.5 Å². The molecule has 0 saturated carbocycles. The number of hydrogen-bond donors (Lipinski definition) is 1. The van der Waals surface area contributed by atoms with Gasteiger partial charge in [0, 0.05) is 0 Å². The highest BCUT2D eigenvalue weighted by atomic mass is 19.2. The first-order valence-corrected chi connectivity index (χ1v) is 4.73. The topological polar surface area (TPSA) is 55.6 Å². The van der Waals surface area contributed by atoms with Crippen molar-refractivity contribution in [1.29, 1.82) is 0 Å². The first-order valence-electron chi connectivity index (χ1n) is 4.73. The van der Waals surface area contributed by atoms with E-state index in [0.29, 0.717) is 12.2 Å². The minimum absolute atomic E-state index is 0.0402. The highest BCUT2D eigenvalue weighted by Crippen LogP contribution is 2.34. The highest BCUT2D eigenvalue weighted by Gasteiger charge is 2.24. The Kier molecular flexibility index (Phi) is 2.64. The van der Waals surface area contributed by atoms with Crippen LogP contribution in [0.3, 0.4) is 0 Å². The van der Waals surface area contributed by atoms with E-state index in [1.807, 2.05) is 0 Å². The fourth-order valence-electron chi connectivity index (χ4n) is 1.64. The third-order valence-electron chi connectivity index (χ3n) is 2.32. The Balaban J connectivity index is 2.39. The summed E-state index contributed by atoms with van der Waals surface area (Å²) in [6, 6.07) is 2.37. The molecule has 16 heavy (non-hydrogen) atoms. The average molecular weight is 228 g/mol. The van der Waals surface area contributed by atoms with E-state index in [4.69, 9.17) is 10.5 Å². The lowest BCUT2D eigenvalue weighted by molar-refractivity contribution is -0.116. The van der Waals surface area contributed by atoms with Gasteiger partial charge in [0.2, 0.25) is 11.7 Å². The summed E-state index contributed by atoms with van der Waals surface area (Å²) in [5, 5.41) is 0. The smallest absolute Gasteiger partial charge is 0.236 e. The predicted octanol–water partition coefficient (Wildman–Crippen LogP) is 0.649. The van der Waals surface area contributed by atoms with Crippen LogP contribution >= 0.6 is 0 Å². The Bertz CT molecular complexity index is 437. The normalized spacial score (nSPS) is 14.2. The molecule has 1 aliphatic heterocycles. The number of carbonyl (C=O) groups excluding carboxylic acids is 1. The third kappa shape index (κ3) is 1.78. The predicted molar refractivity (Wildman–Crippen MR) is 53.3 cm³/mol. The molecule has 0 atom stereocenters. The minimum Gasteiger partial charge on any atom is -0.486 e. The summed E-state index contributed by atoms with van der Waals surface area (Å²) in [5.74, 6) is -2.70. The van der Waals surface area contributed by atoms with Gasteiger partial charge < -0.3 is 15.4 Å². The molecule has 0 bridgehead atoms. The van der Waals surface area contributed by atoms with Gasteiger partial charge in [-0.15, -0.1) is 0 Å². The molecule has 0 fully saturated rings. The van der Waals surface area contributed by atoms with Crippen molar-refractivity contribution in [3.8, 4) is 5.75 Å². The second-order valence-corrected chi connectivity index (χ2v) is 3.45. The van der Waals surface area contributed by atoms with Gasteiger partial charge in [0.15, 0.2) is 11.6 Å². The van der Waals surface area contributed by atoms with Crippen molar-refractivity contribution in [1.82, 2.24) is 0 Å². The molecule has 86 valence electrons. The summed E-state index contributed by atoms with van der Waals surface area (Å²) in [6.07, 6.45) is 0. The molecule has 0 aromatic heterocycles. The number of amides is 1. The molecule has 0 unspecified atom stereocenters. The lowest BCUT2D eigenvalue weighted by Gasteiger charge is -2.30. The Morgan fingerprint density at radius 2 is 2.25 bits per heavy atom. The van der Waals surface area contributed by atoms with Gasteiger partial charge >= 0.3 is 0 Å². The molecule has 0 radical (unpaired) electrons. The SMILES string of the molecule is NC(=O)CN1CCOc2c1ccc(F)c2F. The summed E-state index contributed by atoms with van der Waals surface area (Å²) < 4.78 is 31.3. The highest BCUT2D eigenvalue weighted by molar-refractivity contribution is 5.80. The van der Waals surface area contributed by atoms with Crippen LogP contribution in [0.25, 0.3) is 0 Å².